The van der Waals surface area contributed by atoms with Crippen molar-refractivity contribution < 1.29 is 14.6 Å². The number of phenols is 1. The maximum absolute atomic E-state index is 11.8. The van der Waals surface area contributed by atoms with Gasteiger partial charge < -0.3 is 20.6 Å². The van der Waals surface area contributed by atoms with Crippen molar-refractivity contribution >= 4 is 16.8 Å². The molecule has 4 N–H and O–H groups in total. The van der Waals surface area contributed by atoms with Gasteiger partial charge >= 0.3 is 0 Å². The molecule has 2 rings (SSSR count). The molecule has 0 atom stereocenters. The smallest absolute Gasteiger partial charge is 0.250 e. The number of aromatic hydroxyl groups is 1. The zero-order chi connectivity index (χ0) is 15.6. The maximum Gasteiger partial charge on any atom is 0.250 e. The van der Waals surface area contributed by atoms with Crippen LogP contribution in [0.15, 0.2) is 16.9 Å². The highest BCUT2D eigenvalue weighted by molar-refractivity contribution is 6.08. The number of aryl methyl sites for hydroxylation is 1. The Bertz CT molecular complexity index is 749. The van der Waals surface area contributed by atoms with Crippen LogP contribution >= 0.6 is 0 Å². The second-order valence-electron chi connectivity index (χ2n) is 4.85. The lowest BCUT2D eigenvalue weighted by Gasteiger charge is -2.13. The van der Waals surface area contributed by atoms with Crippen molar-refractivity contribution in [3.63, 3.8) is 0 Å². The van der Waals surface area contributed by atoms with Crippen LogP contribution in [0.2, 0.25) is 0 Å². The zero-order valence-corrected chi connectivity index (χ0v) is 12.0. The van der Waals surface area contributed by atoms with E-state index in [2.05, 4.69) is 4.98 Å². The molecule has 6 heteroatoms. The number of ether oxygens (including phenoxy) is 1. The van der Waals surface area contributed by atoms with Gasteiger partial charge in [-0.3, -0.25) is 9.59 Å². The van der Waals surface area contributed by atoms with Crippen molar-refractivity contribution in [2.75, 3.05) is 7.11 Å². The van der Waals surface area contributed by atoms with Gasteiger partial charge in [-0.1, -0.05) is 13.3 Å². The number of hydrogen-bond donors (Lipinski definition) is 3. The number of aromatic nitrogens is 1. The lowest BCUT2D eigenvalue weighted by Crippen LogP contribution is -2.15. The summed E-state index contributed by atoms with van der Waals surface area (Å²) in [7, 11) is 1.39. The Labute approximate surface area is 121 Å². The van der Waals surface area contributed by atoms with Gasteiger partial charge in [0.1, 0.15) is 0 Å². The van der Waals surface area contributed by atoms with E-state index in [4.69, 9.17) is 10.5 Å². The number of hydrogen-bond acceptors (Lipinski definition) is 4. The molecule has 0 aliphatic carbocycles. The number of nitrogens with one attached hydrogen (secondary N) is 1. The number of aromatic amines is 1. The lowest BCUT2D eigenvalue weighted by molar-refractivity contribution is 0.100. The summed E-state index contributed by atoms with van der Waals surface area (Å²) in [5, 5.41) is 10.7. The van der Waals surface area contributed by atoms with E-state index in [9.17, 15) is 14.7 Å². The van der Waals surface area contributed by atoms with Gasteiger partial charge in [-0.25, -0.2) is 0 Å². The number of fused-ring (bicyclic) bond motifs is 1. The average molecular weight is 290 g/mol. The van der Waals surface area contributed by atoms with Crippen LogP contribution < -0.4 is 16.0 Å². The molecule has 21 heavy (non-hydrogen) atoms. The molecular formula is C15H18N2O4. The first-order chi connectivity index (χ1) is 9.99. The minimum atomic E-state index is -0.693. The first kappa shape index (κ1) is 14.9. The number of rotatable bonds is 5. The summed E-state index contributed by atoms with van der Waals surface area (Å²) in [5.41, 5.74) is 6.07. The van der Waals surface area contributed by atoms with Gasteiger partial charge in [0.25, 0.3) is 5.91 Å². The molecule has 0 saturated heterocycles. The van der Waals surface area contributed by atoms with Crippen LogP contribution in [0.25, 0.3) is 10.9 Å². The summed E-state index contributed by atoms with van der Waals surface area (Å²) in [6, 6.07) is 2.77. The predicted octanol–water partition coefficient (Wildman–Crippen LogP) is 1.68. The number of methoxy groups -OCH3 is 1. The van der Waals surface area contributed by atoms with E-state index >= 15 is 0 Å². The zero-order valence-electron chi connectivity index (χ0n) is 12.0. The molecule has 0 bridgehead atoms. The van der Waals surface area contributed by atoms with Gasteiger partial charge in [0, 0.05) is 11.5 Å². The average Bonchev–Trinajstić information content (AvgIpc) is 2.44. The summed E-state index contributed by atoms with van der Waals surface area (Å²) in [4.78, 5) is 26.0. The Morgan fingerprint density at radius 1 is 1.43 bits per heavy atom. The SMILES string of the molecule is CCCCc1cc(=O)[nH]c2c(C(N)=O)cc(OC)c(O)c12. The lowest BCUT2D eigenvalue weighted by atomic mass is 9.99. The molecular weight excluding hydrogens is 272 g/mol. The third kappa shape index (κ3) is 2.69. The Kier molecular flexibility index (Phi) is 4.16. The molecule has 0 aliphatic rings. The minimum absolute atomic E-state index is 0.0974. The highest BCUT2D eigenvalue weighted by Crippen LogP contribution is 2.37. The van der Waals surface area contributed by atoms with E-state index in [1.54, 1.807) is 0 Å². The largest absolute Gasteiger partial charge is 0.504 e. The summed E-state index contributed by atoms with van der Waals surface area (Å²) in [6.07, 6.45) is 2.43. The van der Waals surface area contributed by atoms with E-state index in [1.807, 2.05) is 6.92 Å². The molecule has 0 radical (unpaired) electrons. The number of phenolic OH excluding ortho intramolecular Hbond substituents is 1. The van der Waals surface area contributed by atoms with Gasteiger partial charge in [-0.2, -0.15) is 0 Å². The first-order valence-electron chi connectivity index (χ1n) is 6.75. The van der Waals surface area contributed by atoms with Crippen molar-refractivity contribution in [2.45, 2.75) is 26.2 Å². The number of H-pyrrole nitrogens is 1. The fraction of sp³-hybridized carbons (Fsp3) is 0.333. The van der Waals surface area contributed by atoms with Gasteiger partial charge in [-0.05, 0) is 24.5 Å². The van der Waals surface area contributed by atoms with Crippen molar-refractivity contribution in [2.24, 2.45) is 5.73 Å². The molecule has 1 aromatic heterocycles. The number of unbranched alkanes of at least 4 members (excludes halogenated alkanes) is 1. The molecule has 112 valence electrons. The molecule has 1 amide bonds. The fourth-order valence-corrected chi connectivity index (χ4v) is 2.39. The Morgan fingerprint density at radius 3 is 2.71 bits per heavy atom. The summed E-state index contributed by atoms with van der Waals surface area (Å²) in [5.74, 6) is -0.637. The monoisotopic (exact) mass is 290 g/mol. The van der Waals surface area contributed by atoms with Gasteiger partial charge in [0.05, 0.1) is 18.2 Å². The molecule has 0 aliphatic heterocycles. The van der Waals surface area contributed by atoms with Gasteiger partial charge in [0.15, 0.2) is 11.5 Å². The molecule has 1 heterocycles. The first-order valence-corrected chi connectivity index (χ1v) is 6.75. The standard InChI is InChI=1S/C15H18N2O4/c1-3-4-5-8-6-11(18)17-13-9(15(16)20)7-10(21-2)14(19)12(8)13/h6-7,19H,3-5H2,1-2H3,(H2,16,20)(H,17,18). The summed E-state index contributed by atoms with van der Waals surface area (Å²) < 4.78 is 5.08. The van der Waals surface area contributed by atoms with Gasteiger partial charge in [0.2, 0.25) is 5.56 Å². The van der Waals surface area contributed by atoms with Crippen molar-refractivity contribution in [1.29, 1.82) is 0 Å². The fourth-order valence-electron chi connectivity index (χ4n) is 2.39. The third-order valence-electron chi connectivity index (χ3n) is 3.42. The van der Waals surface area contributed by atoms with E-state index in [-0.39, 0.29) is 28.1 Å². The summed E-state index contributed by atoms with van der Waals surface area (Å²) in [6.45, 7) is 2.03. The molecule has 0 unspecified atom stereocenters. The number of benzene rings is 1. The van der Waals surface area contributed by atoms with E-state index in [0.29, 0.717) is 17.4 Å². The molecule has 6 nitrogen and oxygen atoms in total. The van der Waals surface area contributed by atoms with Crippen LogP contribution in [-0.4, -0.2) is 23.1 Å². The second kappa shape index (κ2) is 5.87. The number of carbonyl (C=O) groups is 1. The van der Waals surface area contributed by atoms with Crippen LogP contribution in [0.1, 0.15) is 35.7 Å². The topological polar surface area (TPSA) is 105 Å². The Balaban J connectivity index is 2.88. The number of primary amides is 1. The molecule has 0 spiro atoms. The quantitative estimate of drug-likeness (QED) is 0.779. The Hall–Kier alpha value is -2.50. The van der Waals surface area contributed by atoms with Crippen LogP contribution in [-0.2, 0) is 6.42 Å². The van der Waals surface area contributed by atoms with Crippen LogP contribution in [0.5, 0.6) is 11.5 Å². The van der Waals surface area contributed by atoms with Crippen LogP contribution in [0.3, 0.4) is 0 Å². The molecule has 0 saturated carbocycles. The minimum Gasteiger partial charge on any atom is -0.504 e. The predicted molar refractivity (Wildman–Crippen MR) is 79.9 cm³/mol. The highest BCUT2D eigenvalue weighted by Gasteiger charge is 2.19. The van der Waals surface area contributed by atoms with E-state index in [1.165, 1.54) is 19.2 Å². The molecule has 1 aromatic carbocycles. The third-order valence-corrected chi connectivity index (χ3v) is 3.42. The normalized spacial score (nSPS) is 10.8. The number of nitrogens with two attached hydrogens (primary N) is 1. The van der Waals surface area contributed by atoms with Crippen molar-refractivity contribution in [1.82, 2.24) is 4.98 Å². The summed E-state index contributed by atoms with van der Waals surface area (Å²) >= 11 is 0. The number of pyridine rings is 1. The van der Waals surface area contributed by atoms with Crippen molar-refractivity contribution in [3.05, 3.63) is 33.6 Å². The van der Waals surface area contributed by atoms with E-state index in [0.717, 1.165) is 12.8 Å². The van der Waals surface area contributed by atoms with Crippen molar-refractivity contribution in [3.8, 4) is 11.5 Å². The van der Waals surface area contributed by atoms with E-state index < -0.39 is 5.91 Å². The highest BCUT2D eigenvalue weighted by atomic mass is 16.5. The number of amides is 1. The van der Waals surface area contributed by atoms with Gasteiger partial charge in [-0.15, -0.1) is 0 Å². The maximum atomic E-state index is 11.8. The van der Waals surface area contributed by atoms with Crippen LogP contribution in [0, 0.1) is 0 Å². The second-order valence-corrected chi connectivity index (χ2v) is 4.85. The number of carbonyl (C=O) groups excluding carboxylic acids is 1. The Morgan fingerprint density at radius 2 is 2.14 bits per heavy atom. The molecule has 0 fully saturated rings. The molecule has 2 aromatic rings. The van der Waals surface area contributed by atoms with Crippen LogP contribution in [0.4, 0.5) is 0 Å².